The number of nitro groups is 1. The summed E-state index contributed by atoms with van der Waals surface area (Å²) in [6.45, 7) is 2.20. The van der Waals surface area contributed by atoms with Gasteiger partial charge < -0.3 is 11.1 Å². The van der Waals surface area contributed by atoms with E-state index in [1.165, 1.54) is 6.07 Å². The van der Waals surface area contributed by atoms with Crippen molar-refractivity contribution in [2.24, 2.45) is 5.73 Å². The number of hydrogen-bond donors (Lipinski definition) is 2. The Morgan fingerprint density at radius 2 is 2.33 bits per heavy atom. The van der Waals surface area contributed by atoms with Crippen LogP contribution in [0.15, 0.2) is 18.2 Å². The summed E-state index contributed by atoms with van der Waals surface area (Å²) in [6.07, 6.45) is 0. The number of anilines is 1. The second-order valence-corrected chi connectivity index (χ2v) is 3.58. The van der Waals surface area contributed by atoms with E-state index in [2.05, 4.69) is 5.32 Å². The number of para-hydroxylation sites is 1. The Morgan fingerprint density at radius 3 is 2.87 bits per heavy atom. The number of benzene rings is 1. The molecule has 0 aromatic heterocycles. The minimum absolute atomic E-state index is 0.0391. The molecule has 0 saturated heterocycles. The van der Waals surface area contributed by atoms with Gasteiger partial charge in [-0.2, -0.15) is 0 Å². The average molecular weight is 230 g/mol. The Labute approximate surface area is 92.4 Å². The van der Waals surface area contributed by atoms with Crippen LogP contribution >= 0.6 is 11.6 Å². The van der Waals surface area contributed by atoms with E-state index in [1.54, 1.807) is 12.1 Å². The van der Waals surface area contributed by atoms with Crippen LogP contribution in [-0.2, 0) is 0 Å². The second-order valence-electron chi connectivity index (χ2n) is 3.17. The smallest absolute Gasteiger partial charge is 0.293 e. The first-order chi connectivity index (χ1) is 7.06. The predicted molar refractivity (Wildman–Crippen MR) is 60.2 cm³/mol. The standard InChI is InChI=1S/C9H12ClN3O2/c1-6(5-11)12-9-7(10)3-2-4-8(9)13(14)15/h2-4,6,12H,5,11H2,1H3. The van der Waals surface area contributed by atoms with Gasteiger partial charge in [-0.3, -0.25) is 10.1 Å². The van der Waals surface area contributed by atoms with Crippen molar-refractivity contribution in [1.82, 2.24) is 0 Å². The Bertz CT molecular complexity index is 370. The molecule has 0 fully saturated rings. The molecule has 0 amide bonds. The molecule has 1 atom stereocenters. The third kappa shape index (κ3) is 2.81. The van der Waals surface area contributed by atoms with Gasteiger partial charge in [-0.05, 0) is 13.0 Å². The molecule has 1 aromatic carbocycles. The average Bonchev–Trinajstić information content (AvgIpc) is 2.20. The molecule has 5 nitrogen and oxygen atoms in total. The first-order valence-electron chi connectivity index (χ1n) is 4.45. The maximum Gasteiger partial charge on any atom is 0.293 e. The van der Waals surface area contributed by atoms with Crippen LogP contribution in [0.2, 0.25) is 5.02 Å². The quantitative estimate of drug-likeness (QED) is 0.611. The van der Waals surface area contributed by atoms with Crippen LogP contribution in [-0.4, -0.2) is 17.5 Å². The highest BCUT2D eigenvalue weighted by Crippen LogP contribution is 2.32. The van der Waals surface area contributed by atoms with Gasteiger partial charge in [-0.1, -0.05) is 17.7 Å². The van der Waals surface area contributed by atoms with Crippen molar-refractivity contribution in [1.29, 1.82) is 0 Å². The first-order valence-corrected chi connectivity index (χ1v) is 4.83. The number of nitrogens with zero attached hydrogens (tertiary/aromatic N) is 1. The molecule has 15 heavy (non-hydrogen) atoms. The lowest BCUT2D eigenvalue weighted by molar-refractivity contribution is -0.384. The fourth-order valence-corrected chi connectivity index (χ4v) is 1.34. The topological polar surface area (TPSA) is 81.2 Å². The summed E-state index contributed by atoms with van der Waals surface area (Å²) in [7, 11) is 0. The second kappa shape index (κ2) is 4.95. The lowest BCUT2D eigenvalue weighted by atomic mass is 10.2. The van der Waals surface area contributed by atoms with Crippen LogP contribution in [0.5, 0.6) is 0 Å². The Morgan fingerprint density at radius 1 is 1.67 bits per heavy atom. The molecule has 3 N–H and O–H groups in total. The first kappa shape index (κ1) is 11.7. The highest BCUT2D eigenvalue weighted by molar-refractivity contribution is 6.33. The van der Waals surface area contributed by atoms with Gasteiger partial charge in [-0.25, -0.2) is 0 Å². The fraction of sp³-hybridized carbons (Fsp3) is 0.333. The summed E-state index contributed by atoms with van der Waals surface area (Å²) in [5.74, 6) is 0. The van der Waals surface area contributed by atoms with Gasteiger partial charge in [0.15, 0.2) is 0 Å². The van der Waals surface area contributed by atoms with Crippen LogP contribution in [0.1, 0.15) is 6.92 Å². The molecule has 82 valence electrons. The van der Waals surface area contributed by atoms with Crippen LogP contribution < -0.4 is 11.1 Å². The molecule has 0 aliphatic heterocycles. The number of nitrogens with two attached hydrogens (primary N) is 1. The van der Waals surface area contributed by atoms with Crippen molar-refractivity contribution in [3.8, 4) is 0 Å². The van der Waals surface area contributed by atoms with Crippen molar-refractivity contribution < 1.29 is 4.92 Å². The van der Waals surface area contributed by atoms with Crippen molar-refractivity contribution in [2.45, 2.75) is 13.0 Å². The maximum absolute atomic E-state index is 10.7. The lowest BCUT2D eigenvalue weighted by Crippen LogP contribution is -2.25. The molecule has 0 radical (unpaired) electrons. The van der Waals surface area contributed by atoms with Gasteiger partial charge in [0.25, 0.3) is 5.69 Å². The zero-order valence-corrected chi connectivity index (χ0v) is 8.99. The monoisotopic (exact) mass is 229 g/mol. The molecule has 0 saturated carbocycles. The molecule has 0 aliphatic rings. The molecule has 0 aliphatic carbocycles. The van der Waals surface area contributed by atoms with Crippen LogP contribution in [0.3, 0.4) is 0 Å². The number of hydrogen-bond acceptors (Lipinski definition) is 4. The Balaban J connectivity index is 3.07. The summed E-state index contributed by atoms with van der Waals surface area (Å²) in [4.78, 5) is 10.2. The van der Waals surface area contributed by atoms with Gasteiger partial charge in [0.1, 0.15) is 5.69 Å². The molecular weight excluding hydrogens is 218 g/mol. The summed E-state index contributed by atoms with van der Waals surface area (Å²) < 4.78 is 0. The van der Waals surface area contributed by atoms with Crippen LogP contribution in [0.25, 0.3) is 0 Å². The van der Waals surface area contributed by atoms with E-state index >= 15 is 0 Å². The third-order valence-corrected chi connectivity index (χ3v) is 2.25. The SMILES string of the molecule is CC(CN)Nc1c(Cl)cccc1[N+](=O)[O-]. The minimum atomic E-state index is -0.475. The molecule has 1 unspecified atom stereocenters. The number of nitrogens with one attached hydrogen (secondary N) is 1. The van der Waals surface area contributed by atoms with Crippen molar-refractivity contribution in [3.63, 3.8) is 0 Å². The molecule has 6 heteroatoms. The summed E-state index contributed by atoms with van der Waals surface area (Å²) >= 11 is 5.87. The largest absolute Gasteiger partial charge is 0.375 e. The summed E-state index contributed by atoms with van der Waals surface area (Å²) in [5, 5.41) is 14.0. The zero-order chi connectivity index (χ0) is 11.4. The van der Waals surface area contributed by atoms with Crippen molar-refractivity contribution >= 4 is 23.0 Å². The van der Waals surface area contributed by atoms with E-state index in [4.69, 9.17) is 17.3 Å². The van der Waals surface area contributed by atoms with E-state index in [0.717, 1.165) is 0 Å². The van der Waals surface area contributed by atoms with E-state index < -0.39 is 4.92 Å². The van der Waals surface area contributed by atoms with E-state index in [-0.39, 0.29) is 11.7 Å². The van der Waals surface area contributed by atoms with Gasteiger partial charge >= 0.3 is 0 Å². The third-order valence-electron chi connectivity index (χ3n) is 1.93. The Kier molecular flexibility index (Phi) is 3.88. The van der Waals surface area contributed by atoms with E-state index in [1.807, 2.05) is 6.92 Å². The van der Waals surface area contributed by atoms with E-state index in [9.17, 15) is 10.1 Å². The summed E-state index contributed by atoms with van der Waals surface area (Å²) in [5.41, 5.74) is 5.70. The highest BCUT2D eigenvalue weighted by atomic mass is 35.5. The number of halogens is 1. The maximum atomic E-state index is 10.7. The van der Waals surface area contributed by atoms with Gasteiger partial charge in [-0.15, -0.1) is 0 Å². The summed E-state index contributed by atoms with van der Waals surface area (Å²) in [6, 6.07) is 4.47. The predicted octanol–water partition coefficient (Wildman–Crippen LogP) is 2.01. The Hall–Kier alpha value is -1.33. The van der Waals surface area contributed by atoms with Crippen LogP contribution in [0.4, 0.5) is 11.4 Å². The van der Waals surface area contributed by atoms with Gasteiger partial charge in [0.05, 0.1) is 9.95 Å². The minimum Gasteiger partial charge on any atom is -0.375 e. The lowest BCUT2D eigenvalue weighted by Gasteiger charge is -2.13. The molecule has 0 bridgehead atoms. The number of rotatable bonds is 4. The zero-order valence-electron chi connectivity index (χ0n) is 8.24. The molecule has 0 heterocycles. The fourth-order valence-electron chi connectivity index (χ4n) is 1.11. The van der Waals surface area contributed by atoms with Crippen molar-refractivity contribution in [2.75, 3.05) is 11.9 Å². The van der Waals surface area contributed by atoms with Gasteiger partial charge in [0.2, 0.25) is 0 Å². The molecule has 1 aromatic rings. The van der Waals surface area contributed by atoms with Gasteiger partial charge in [0, 0.05) is 18.7 Å². The van der Waals surface area contributed by atoms with Crippen molar-refractivity contribution in [3.05, 3.63) is 33.3 Å². The normalized spacial score (nSPS) is 12.2. The number of nitro benzene ring substituents is 1. The molecule has 0 spiro atoms. The molecular formula is C9H12ClN3O2. The van der Waals surface area contributed by atoms with E-state index in [0.29, 0.717) is 17.3 Å². The van der Waals surface area contributed by atoms with Crippen LogP contribution in [0, 0.1) is 10.1 Å². The highest BCUT2D eigenvalue weighted by Gasteiger charge is 2.17. The molecule has 1 rings (SSSR count).